The second-order valence-electron chi connectivity index (χ2n) is 4.07. The third-order valence-corrected chi connectivity index (χ3v) is 2.91. The maximum atomic E-state index is 12.0. The zero-order valence-corrected chi connectivity index (χ0v) is 11.3. The number of aromatic hydroxyl groups is 1. The first-order valence-electron chi connectivity index (χ1n) is 5.63. The van der Waals surface area contributed by atoms with Gasteiger partial charge in [-0.15, -0.1) is 0 Å². The highest BCUT2D eigenvalue weighted by Gasteiger charge is 2.20. The summed E-state index contributed by atoms with van der Waals surface area (Å²) in [7, 11) is 1.57. The van der Waals surface area contributed by atoms with Gasteiger partial charge in [-0.3, -0.25) is 4.79 Å². The highest BCUT2D eigenvalue weighted by atomic mass is 35.5. The molecule has 100 valence electrons. The molecule has 0 bridgehead atoms. The lowest BCUT2D eigenvalue weighted by atomic mass is 10.2. The van der Waals surface area contributed by atoms with Crippen LogP contribution in [0.4, 0.5) is 0 Å². The smallest absolute Gasteiger partial charge is 0.220 e. The number of aryl methyl sites for hydroxylation is 2. The van der Waals surface area contributed by atoms with Crippen molar-refractivity contribution in [3.63, 3.8) is 0 Å². The van der Waals surface area contributed by atoms with Crippen LogP contribution in [0.25, 0.3) is 0 Å². The highest BCUT2D eigenvalue weighted by molar-refractivity contribution is 6.30. The van der Waals surface area contributed by atoms with Gasteiger partial charge < -0.3 is 9.84 Å². The van der Waals surface area contributed by atoms with Crippen molar-refractivity contribution in [3.05, 3.63) is 40.5 Å². The first-order chi connectivity index (χ1) is 8.99. The molecule has 0 amide bonds. The van der Waals surface area contributed by atoms with Crippen molar-refractivity contribution in [2.45, 2.75) is 6.92 Å². The van der Waals surface area contributed by atoms with Gasteiger partial charge in [0.05, 0.1) is 5.69 Å². The fourth-order valence-corrected chi connectivity index (χ4v) is 1.85. The van der Waals surface area contributed by atoms with Gasteiger partial charge >= 0.3 is 0 Å². The Labute approximate surface area is 115 Å². The number of ketones is 1. The molecule has 1 heterocycles. The molecular formula is C13H13ClN2O3. The lowest BCUT2D eigenvalue weighted by Crippen LogP contribution is -2.12. The minimum absolute atomic E-state index is 0.151. The molecule has 0 aliphatic carbocycles. The molecule has 0 aliphatic rings. The topological polar surface area (TPSA) is 64.3 Å². The van der Waals surface area contributed by atoms with Crippen LogP contribution in [-0.2, 0) is 7.05 Å². The number of Topliss-reactive ketones (excluding diaryl/α,β-unsaturated/α-hetero) is 1. The number of nitrogens with zero attached hydrogens (tertiary/aromatic N) is 2. The minimum atomic E-state index is -0.321. The molecule has 0 fully saturated rings. The molecule has 0 atom stereocenters. The average Bonchev–Trinajstić information content (AvgIpc) is 2.62. The van der Waals surface area contributed by atoms with Gasteiger partial charge in [-0.25, -0.2) is 4.68 Å². The second kappa shape index (κ2) is 5.32. The van der Waals surface area contributed by atoms with Gasteiger partial charge in [0, 0.05) is 12.1 Å². The van der Waals surface area contributed by atoms with E-state index in [9.17, 15) is 9.90 Å². The van der Waals surface area contributed by atoms with E-state index in [2.05, 4.69) is 5.10 Å². The minimum Gasteiger partial charge on any atom is -0.493 e. The van der Waals surface area contributed by atoms with E-state index in [4.69, 9.17) is 16.3 Å². The van der Waals surface area contributed by atoms with Gasteiger partial charge in [0.15, 0.2) is 6.61 Å². The van der Waals surface area contributed by atoms with Gasteiger partial charge in [-0.05, 0) is 31.2 Å². The molecule has 0 radical (unpaired) electrons. The fourth-order valence-electron chi connectivity index (χ4n) is 1.72. The first-order valence-corrected chi connectivity index (χ1v) is 6.01. The summed E-state index contributed by atoms with van der Waals surface area (Å²) in [4.78, 5) is 12.0. The number of rotatable bonds is 4. The lowest BCUT2D eigenvalue weighted by Gasteiger charge is -2.05. The monoisotopic (exact) mass is 280 g/mol. The van der Waals surface area contributed by atoms with E-state index in [1.807, 2.05) is 0 Å². The van der Waals surface area contributed by atoms with Gasteiger partial charge in [0.2, 0.25) is 11.7 Å². The predicted molar refractivity (Wildman–Crippen MR) is 70.9 cm³/mol. The van der Waals surface area contributed by atoms with E-state index in [0.29, 0.717) is 16.5 Å². The lowest BCUT2D eigenvalue weighted by molar-refractivity contribution is 0.0918. The third kappa shape index (κ3) is 2.88. The Morgan fingerprint density at radius 1 is 1.42 bits per heavy atom. The highest BCUT2D eigenvalue weighted by Crippen LogP contribution is 2.21. The fraction of sp³-hybridized carbons (Fsp3) is 0.231. The molecule has 0 spiro atoms. The summed E-state index contributed by atoms with van der Waals surface area (Å²) in [5.41, 5.74) is 0.668. The predicted octanol–water partition coefficient (Wildman–Crippen LogP) is 2.35. The Balaban J connectivity index is 2.07. The van der Waals surface area contributed by atoms with Crippen LogP contribution in [0.3, 0.4) is 0 Å². The number of aromatic nitrogens is 2. The van der Waals surface area contributed by atoms with E-state index in [0.717, 1.165) is 0 Å². The van der Waals surface area contributed by atoms with Crippen LogP contribution in [0.2, 0.25) is 5.02 Å². The SMILES string of the molecule is Cc1nn(C)c(O)c1C(=O)COc1ccc(Cl)cc1. The molecule has 0 saturated heterocycles. The van der Waals surface area contributed by atoms with E-state index in [1.54, 1.807) is 38.2 Å². The average molecular weight is 281 g/mol. The van der Waals surface area contributed by atoms with Crippen molar-refractivity contribution in [2.75, 3.05) is 6.61 Å². The van der Waals surface area contributed by atoms with Crippen molar-refractivity contribution in [3.8, 4) is 11.6 Å². The maximum absolute atomic E-state index is 12.0. The molecule has 1 aromatic heterocycles. The summed E-state index contributed by atoms with van der Waals surface area (Å²) >= 11 is 5.75. The Bertz CT molecular complexity index is 605. The number of carbonyl (C=O) groups excluding carboxylic acids is 1. The third-order valence-electron chi connectivity index (χ3n) is 2.65. The van der Waals surface area contributed by atoms with Crippen molar-refractivity contribution in [2.24, 2.45) is 7.05 Å². The zero-order valence-electron chi connectivity index (χ0n) is 10.6. The normalized spacial score (nSPS) is 10.5. The summed E-state index contributed by atoms with van der Waals surface area (Å²) in [5, 5.41) is 14.3. The van der Waals surface area contributed by atoms with E-state index >= 15 is 0 Å². The summed E-state index contributed by atoms with van der Waals surface area (Å²) in [5.74, 6) is 0.0686. The zero-order chi connectivity index (χ0) is 14.0. The Morgan fingerprint density at radius 2 is 2.05 bits per heavy atom. The number of carbonyl (C=O) groups is 1. The Morgan fingerprint density at radius 3 is 2.58 bits per heavy atom. The van der Waals surface area contributed by atoms with Crippen LogP contribution in [0.15, 0.2) is 24.3 Å². The molecule has 0 aliphatic heterocycles. The number of hydrogen-bond donors (Lipinski definition) is 1. The standard InChI is InChI=1S/C13H13ClN2O3/c1-8-12(13(18)16(2)15-8)11(17)7-19-10-5-3-9(14)4-6-10/h3-6,18H,7H2,1-2H3. The van der Waals surface area contributed by atoms with Crippen LogP contribution in [0.1, 0.15) is 16.1 Å². The number of hydrogen-bond acceptors (Lipinski definition) is 4. The Kier molecular flexibility index (Phi) is 3.76. The van der Waals surface area contributed by atoms with Crippen LogP contribution in [-0.4, -0.2) is 27.3 Å². The summed E-state index contributed by atoms with van der Waals surface area (Å²) < 4.78 is 6.59. The van der Waals surface area contributed by atoms with E-state index < -0.39 is 0 Å². The van der Waals surface area contributed by atoms with Crippen molar-refractivity contribution in [1.82, 2.24) is 9.78 Å². The van der Waals surface area contributed by atoms with Crippen LogP contribution in [0.5, 0.6) is 11.6 Å². The molecule has 1 N–H and O–H groups in total. The van der Waals surface area contributed by atoms with Gasteiger partial charge in [-0.2, -0.15) is 5.10 Å². The Hall–Kier alpha value is -2.01. The molecule has 0 unspecified atom stereocenters. The molecule has 5 nitrogen and oxygen atoms in total. The largest absolute Gasteiger partial charge is 0.493 e. The van der Waals surface area contributed by atoms with Crippen LogP contribution >= 0.6 is 11.6 Å². The molecule has 6 heteroatoms. The van der Waals surface area contributed by atoms with E-state index in [-0.39, 0.29) is 23.8 Å². The van der Waals surface area contributed by atoms with Gasteiger partial charge in [0.25, 0.3) is 0 Å². The van der Waals surface area contributed by atoms with Crippen LogP contribution in [0, 0.1) is 6.92 Å². The summed E-state index contributed by atoms with van der Waals surface area (Å²) in [6, 6.07) is 6.69. The molecule has 1 aromatic carbocycles. The molecule has 2 rings (SSSR count). The molecule has 19 heavy (non-hydrogen) atoms. The summed E-state index contributed by atoms with van der Waals surface area (Å²) in [6.07, 6.45) is 0. The van der Waals surface area contributed by atoms with E-state index in [1.165, 1.54) is 4.68 Å². The van der Waals surface area contributed by atoms with Crippen molar-refractivity contribution < 1.29 is 14.6 Å². The van der Waals surface area contributed by atoms with Crippen molar-refractivity contribution >= 4 is 17.4 Å². The first kappa shape index (κ1) is 13.4. The van der Waals surface area contributed by atoms with Crippen LogP contribution < -0.4 is 4.74 Å². The molecule has 2 aromatic rings. The summed E-state index contributed by atoms with van der Waals surface area (Å²) in [6.45, 7) is 1.50. The molecule has 0 saturated carbocycles. The second-order valence-corrected chi connectivity index (χ2v) is 4.51. The van der Waals surface area contributed by atoms with Crippen molar-refractivity contribution in [1.29, 1.82) is 0 Å². The quantitative estimate of drug-likeness (QED) is 0.873. The van der Waals surface area contributed by atoms with Gasteiger partial charge in [-0.1, -0.05) is 11.6 Å². The van der Waals surface area contributed by atoms with Gasteiger partial charge in [0.1, 0.15) is 11.3 Å². The molecular weight excluding hydrogens is 268 g/mol. The number of halogens is 1. The number of benzene rings is 1. The number of ether oxygens (including phenoxy) is 1. The maximum Gasteiger partial charge on any atom is 0.220 e.